The van der Waals surface area contributed by atoms with Crippen molar-refractivity contribution in [2.24, 2.45) is 0 Å². The summed E-state index contributed by atoms with van der Waals surface area (Å²) < 4.78 is 5.86. The van der Waals surface area contributed by atoms with Gasteiger partial charge >= 0.3 is 0 Å². The number of hydrogen-bond donors (Lipinski definition) is 0. The molecule has 3 aromatic rings. The van der Waals surface area contributed by atoms with Crippen LogP contribution in [0.3, 0.4) is 0 Å². The van der Waals surface area contributed by atoms with E-state index in [1.807, 2.05) is 18.2 Å². The predicted molar refractivity (Wildman–Crippen MR) is 119 cm³/mol. The highest BCUT2D eigenvalue weighted by Gasteiger charge is 1.98. The molecule has 0 atom stereocenters. The fraction of sp³-hybridized carbons (Fsp3) is 0.333. The van der Waals surface area contributed by atoms with Crippen molar-refractivity contribution in [3.05, 3.63) is 102 Å². The van der Waals surface area contributed by atoms with Crippen molar-refractivity contribution < 1.29 is 4.74 Å². The average Bonchev–Trinajstić information content (AvgIpc) is 2.76. The fourth-order valence-electron chi connectivity index (χ4n) is 3.50. The predicted octanol–water partition coefficient (Wildman–Crippen LogP) is 7.39. The molecule has 0 aromatic heterocycles. The van der Waals surface area contributed by atoms with Crippen LogP contribution in [-0.2, 0) is 19.4 Å². The molecule has 0 aliphatic carbocycles. The largest absolute Gasteiger partial charge is 0.489 e. The summed E-state index contributed by atoms with van der Waals surface area (Å²) >= 11 is 0. The number of benzene rings is 3. The van der Waals surface area contributed by atoms with Crippen molar-refractivity contribution in [2.75, 3.05) is 0 Å². The Kier molecular flexibility index (Phi) is 8.68. The van der Waals surface area contributed by atoms with Crippen molar-refractivity contribution in [1.29, 1.82) is 0 Å². The lowest BCUT2D eigenvalue weighted by atomic mass is 10.0. The third-order valence-electron chi connectivity index (χ3n) is 5.20. The van der Waals surface area contributed by atoms with Gasteiger partial charge in [-0.3, -0.25) is 0 Å². The molecule has 0 aliphatic heterocycles. The van der Waals surface area contributed by atoms with Gasteiger partial charge in [-0.1, -0.05) is 98.5 Å². The van der Waals surface area contributed by atoms with Gasteiger partial charge in [-0.05, 0) is 54.5 Å². The van der Waals surface area contributed by atoms with Gasteiger partial charge in [-0.15, -0.1) is 0 Å². The van der Waals surface area contributed by atoms with Gasteiger partial charge in [-0.2, -0.15) is 0 Å². The SMILES string of the molecule is c1ccc(CCCCCCCCc2ccc(OCc3ccccc3)cc2)cc1. The third kappa shape index (κ3) is 7.60. The van der Waals surface area contributed by atoms with Gasteiger partial charge in [0.15, 0.2) is 0 Å². The van der Waals surface area contributed by atoms with Gasteiger partial charge in [0, 0.05) is 0 Å². The normalized spacial score (nSPS) is 10.7. The number of rotatable bonds is 12. The minimum absolute atomic E-state index is 0.629. The van der Waals surface area contributed by atoms with E-state index in [0.29, 0.717) is 6.61 Å². The minimum atomic E-state index is 0.629. The van der Waals surface area contributed by atoms with Crippen molar-refractivity contribution in [3.8, 4) is 5.75 Å². The Balaban J connectivity index is 1.23. The number of unbranched alkanes of at least 4 members (excludes halogenated alkanes) is 5. The topological polar surface area (TPSA) is 9.23 Å². The molecule has 0 radical (unpaired) electrons. The molecular formula is C27H32O. The Labute approximate surface area is 170 Å². The molecule has 3 aromatic carbocycles. The Morgan fingerprint density at radius 3 is 1.46 bits per heavy atom. The van der Waals surface area contributed by atoms with Crippen LogP contribution in [0.15, 0.2) is 84.9 Å². The molecule has 1 heteroatoms. The number of hydrogen-bond acceptors (Lipinski definition) is 1. The molecule has 0 heterocycles. The second kappa shape index (κ2) is 12.0. The lowest BCUT2D eigenvalue weighted by Crippen LogP contribution is -1.95. The molecule has 28 heavy (non-hydrogen) atoms. The molecule has 146 valence electrons. The second-order valence-corrected chi connectivity index (χ2v) is 7.53. The van der Waals surface area contributed by atoms with Gasteiger partial charge in [0.05, 0.1) is 0 Å². The maximum absolute atomic E-state index is 5.86. The Hall–Kier alpha value is -2.54. The summed E-state index contributed by atoms with van der Waals surface area (Å²) in [6.45, 7) is 0.629. The van der Waals surface area contributed by atoms with E-state index in [1.54, 1.807) is 0 Å². The first-order valence-electron chi connectivity index (χ1n) is 10.7. The maximum atomic E-state index is 5.86. The Bertz CT molecular complexity index is 762. The van der Waals surface area contributed by atoms with E-state index in [4.69, 9.17) is 4.74 Å². The van der Waals surface area contributed by atoms with Crippen molar-refractivity contribution >= 4 is 0 Å². The highest BCUT2D eigenvalue weighted by atomic mass is 16.5. The Morgan fingerprint density at radius 2 is 0.893 bits per heavy atom. The number of ether oxygens (including phenoxy) is 1. The zero-order valence-electron chi connectivity index (χ0n) is 16.9. The highest BCUT2D eigenvalue weighted by molar-refractivity contribution is 5.28. The van der Waals surface area contributed by atoms with E-state index < -0.39 is 0 Å². The second-order valence-electron chi connectivity index (χ2n) is 7.53. The van der Waals surface area contributed by atoms with Gasteiger partial charge in [0.2, 0.25) is 0 Å². The molecule has 0 spiro atoms. The highest BCUT2D eigenvalue weighted by Crippen LogP contribution is 2.17. The molecule has 0 unspecified atom stereocenters. The van der Waals surface area contributed by atoms with Crippen LogP contribution in [0.4, 0.5) is 0 Å². The molecule has 0 bridgehead atoms. The lowest BCUT2D eigenvalue weighted by molar-refractivity contribution is 0.306. The number of aryl methyl sites for hydroxylation is 2. The molecule has 1 nitrogen and oxygen atoms in total. The van der Waals surface area contributed by atoms with Crippen molar-refractivity contribution in [3.63, 3.8) is 0 Å². The van der Waals surface area contributed by atoms with Crippen LogP contribution in [0, 0.1) is 0 Å². The average molecular weight is 373 g/mol. The quantitative estimate of drug-likeness (QED) is 0.301. The van der Waals surface area contributed by atoms with Crippen LogP contribution < -0.4 is 4.74 Å². The maximum Gasteiger partial charge on any atom is 0.119 e. The van der Waals surface area contributed by atoms with Gasteiger partial charge in [-0.25, -0.2) is 0 Å². The Morgan fingerprint density at radius 1 is 0.429 bits per heavy atom. The van der Waals surface area contributed by atoms with E-state index in [2.05, 4.69) is 66.7 Å². The molecule has 0 amide bonds. The zero-order chi connectivity index (χ0) is 19.3. The molecule has 0 aliphatic rings. The lowest BCUT2D eigenvalue weighted by Gasteiger charge is -2.07. The molecule has 0 fully saturated rings. The van der Waals surface area contributed by atoms with Crippen LogP contribution >= 0.6 is 0 Å². The van der Waals surface area contributed by atoms with E-state index >= 15 is 0 Å². The zero-order valence-corrected chi connectivity index (χ0v) is 16.9. The van der Waals surface area contributed by atoms with Crippen LogP contribution in [-0.4, -0.2) is 0 Å². The summed E-state index contributed by atoms with van der Waals surface area (Å²) in [7, 11) is 0. The standard InChI is InChI=1S/C27H32O/c1(3-7-13-24-14-9-5-10-15-24)2-4-8-16-25-19-21-27(22-20-25)28-23-26-17-11-6-12-18-26/h5-6,9-12,14-15,17-22H,1-4,7-8,13,16,23H2. The van der Waals surface area contributed by atoms with Gasteiger partial charge < -0.3 is 4.74 Å². The van der Waals surface area contributed by atoms with Crippen LogP contribution in [0.1, 0.15) is 55.2 Å². The monoisotopic (exact) mass is 372 g/mol. The van der Waals surface area contributed by atoms with E-state index in [9.17, 15) is 0 Å². The fourth-order valence-corrected chi connectivity index (χ4v) is 3.50. The summed E-state index contributed by atoms with van der Waals surface area (Å²) in [4.78, 5) is 0. The molecule has 0 saturated heterocycles. The summed E-state index contributed by atoms with van der Waals surface area (Å²) in [6.07, 6.45) is 10.4. The molecule has 3 rings (SSSR count). The summed E-state index contributed by atoms with van der Waals surface area (Å²) in [5.41, 5.74) is 4.09. The molecule has 0 N–H and O–H groups in total. The van der Waals surface area contributed by atoms with Crippen molar-refractivity contribution in [1.82, 2.24) is 0 Å². The van der Waals surface area contributed by atoms with E-state index in [-0.39, 0.29) is 0 Å². The molecular weight excluding hydrogens is 340 g/mol. The minimum Gasteiger partial charge on any atom is -0.489 e. The van der Waals surface area contributed by atoms with Crippen LogP contribution in [0.25, 0.3) is 0 Å². The van der Waals surface area contributed by atoms with Crippen LogP contribution in [0.2, 0.25) is 0 Å². The van der Waals surface area contributed by atoms with Crippen molar-refractivity contribution in [2.45, 2.75) is 58.0 Å². The van der Waals surface area contributed by atoms with Crippen LogP contribution in [0.5, 0.6) is 5.75 Å². The van der Waals surface area contributed by atoms with E-state index in [1.165, 1.54) is 68.1 Å². The third-order valence-corrected chi connectivity index (χ3v) is 5.20. The summed E-state index contributed by atoms with van der Waals surface area (Å²) in [6, 6.07) is 29.8. The van der Waals surface area contributed by atoms with E-state index in [0.717, 1.165) is 5.75 Å². The summed E-state index contributed by atoms with van der Waals surface area (Å²) in [5.74, 6) is 0.950. The van der Waals surface area contributed by atoms with Gasteiger partial charge in [0.25, 0.3) is 0 Å². The first-order chi connectivity index (χ1) is 13.9. The summed E-state index contributed by atoms with van der Waals surface area (Å²) in [5, 5.41) is 0. The smallest absolute Gasteiger partial charge is 0.119 e. The molecule has 0 saturated carbocycles. The van der Waals surface area contributed by atoms with Gasteiger partial charge in [0.1, 0.15) is 12.4 Å². The first kappa shape index (κ1) is 20.2. The first-order valence-corrected chi connectivity index (χ1v) is 10.7.